The van der Waals surface area contributed by atoms with E-state index in [0.29, 0.717) is 19.0 Å². The first-order valence-electron chi connectivity index (χ1n) is 8.22. The van der Waals surface area contributed by atoms with Crippen LogP contribution in [0.4, 0.5) is 13.2 Å². The molecular formula is C16H25F3IN3O4S. The lowest BCUT2D eigenvalue weighted by Gasteiger charge is -2.14. The van der Waals surface area contributed by atoms with Crippen molar-refractivity contribution in [1.29, 1.82) is 0 Å². The number of benzene rings is 1. The van der Waals surface area contributed by atoms with E-state index in [1.54, 1.807) is 6.07 Å². The molecule has 1 aromatic rings. The van der Waals surface area contributed by atoms with Crippen molar-refractivity contribution in [3.05, 3.63) is 29.8 Å². The number of nitrogens with one attached hydrogen (secondary N) is 2. The summed E-state index contributed by atoms with van der Waals surface area (Å²) in [6, 6.07) is 5.78. The number of nitrogens with zero attached hydrogens (tertiary/aromatic N) is 1. The standard InChI is InChI=1S/C16H24F3N3O4S.HI/c1-3-20-15(21-8-9-25-10-11-27(2,23)24)22-12-13-6-4-5-7-14(13)26-16(17,18)19;/h4-7H,3,8-12H2,1-2H3,(H2,20,21,22);1H. The van der Waals surface area contributed by atoms with Crippen molar-refractivity contribution in [3.8, 4) is 5.75 Å². The van der Waals surface area contributed by atoms with Crippen LogP contribution in [0.1, 0.15) is 12.5 Å². The number of rotatable bonds is 10. The molecule has 0 atom stereocenters. The maximum absolute atomic E-state index is 12.4. The average Bonchev–Trinajstić information content (AvgIpc) is 2.54. The van der Waals surface area contributed by atoms with Crippen LogP contribution in [-0.2, 0) is 21.1 Å². The zero-order chi connectivity index (χ0) is 20.3. The largest absolute Gasteiger partial charge is 0.573 e. The molecular weight excluding hydrogens is 514 g/mol. The lowest BCUT2D eigenvalue weighted by molar-refractivity contribution is -0.274. The van der Waals surface area contributed by atoms with Gasteiger partial charge in [-0.05, 0) is 13.0 Å². The second-order valence-corrected chi connectivity index (χ2v) is 7.78. The molecule has 7 nitrogen and oxygen atoms in total. The topological polar surface area (TPSA) is 89.0 Å². The molecule has 0 aliphatic heterocycles. The number of aliphatic imine (C=N–C) groups is 1. The van der Waals surface area contributed by atoms with E-state index in [1.807, 2.05) is 6.92 Å². The number of ether oxygens (including phenoxy) is 2. The summed E-state index contributed by atoms with van der Waals surface area (Å²) in [7, 11) is -3.07. The Kier molecular flexibility index (Phi) is 12.4. The van der Waals surface area contributed by atoms with Crippen LogP contribution in [0.2, 0.25) is 0 Å². The molecule has 0 saturated carbocycles. The third-order valence-corrected chi connectivity index (χ3v) is 4.00. The summed E-state index contributed by atoms with van der Waals surface area (Å²) >= 11 is 0. The maximum atomic E-state index is 12.4. The molecule has 0 heterocycles. The van der Waals surface area contributed by atoms with Crippen LogP contribution in [0.25, 0.3) is 0 Å². The van der Waals surface area contributed by atoms with Gasteiger partial charge in [0.15, 0.2) is 5.96 Å². The summed E-state index contributed by atoms with van der Waals surface area (Å²) in [5.41, 5.74) is 0.288. The summed E-state index contributed by atoms with van der Waals surface area (Å²) in [6.45, 7) is 3.10. The van der Waals surface area contributed by atoms with Crippen molar-refractivity contribution in [2.45, 2.75) is 19.8 Å². The quantitative estimate of drug-likeness (QED) is 0.206. The Bertz CT molecular complexity index is 715. The molecule has 0 saturated heterocycles. The second kappa shape index (κ2) is 13.0. The molecule has 1 rings (SSSR count). The number of halogens is 4. The molecule has 0 bridgehead atoms. The Labute approximate surface area is 180 Å². The van der Waals surface area contributed by atoms with E-state index in [9.17, 15) is 21.6 Å². The van der Waals surface area contributed by atoms with E-state index in [-0.39, 0.29) is 60.8 Å². The van der Waals surface area contributed by atoms with Crippen LogP contribution < -0.4 is 15.4 Å². The number of para-hydroxylation sites is 1. The van der Waals surface area contributed by atoms with Gasteiger partial charge >= 0.3 is 6.36 Å². The van der Waals surface area contributed by atoms with Gasteiger partial charge in [0.1, 0.15) is 15.6 Å². The van der Waals surface area contributed by atoms with Crippen LogP contribution in [-0.4, -0.2) is 59.1 Å². The van der Waals surface area contributed by atoms with Gasteiger partial charge in [-0.15, -0.1) is 37.1 Å². The van der Waals surface area contributed by atoms with Crippen LogP contribution in [0.15, 0.2) is 29.3 Å². The van der Waals surface area contributed by atoms with Gasteiger partial charge in [-0.1, -0.05) is 18.2 Å². The normalized spacial score (nSPS) is 12.2. The molecule has 0 amide bonds. The molecule has 0 aliphatic rings. The van der Waals surface area contributed by atoms with Crippen LogP contribution >= 0.6 is 24.0 Å². The summed E-state index contributed by atoms with van der Waals surface area (Å²) in [4.78, 5) is 4.23. The number of alkyl halides is 3. The predicted molar refractivity (Wildman–Crippen MR) is 112 cm³/mol. The van der Waals surface area contributed by atoms with E-state index >= 15 is 0 Å². The summed E-state index contributed by atoms with van der Waals surface area (Å²) in [5.74, 6) is 0.0386. The number of guanidine groups is 1. The third kappa shape index (κ3) is 13.0. The van der Waals surface area contributed by atoms with E-state index < -0.39 is 16.2 Å². The molecule has 28 heavy (non-hydrogen) atoms. The minimum atomic E-state index is -4.77. The van der Waals surface area contributed by atoms with Gasteiger partial charge in [-0.25, -0.2) is 13.4 Å². The molecule has 0 spiro atoms. The van der Waals surface area contributed by atoms with Crippen molar-refractivity contribution in [1.82, 2.24) is 10.6 Å². The Morgan fingerprint density at radius 2 is 1.86 bits per heavy atom. The predicted octanol–water partition coefficient (Wildman–Crippen LogP) is 2.32. The van der Waals surface area contributed by atoms with Gasteiger partial charge in [-0.2, -0.15) is 0 Å². The molecule has 2 N–H and O–H groups in total. The Morgan fingerprint density at radius 1 is 1.18 bits per heavy atom. The molecule has 12 heteroatoms. The molecule has 0 unspecified atom stereocenters. The highest BCUT2D eigenvalue weighted by molar-refractivity contribution is 14.0. The summed E-state index contributed by atoms with van der Waals surface area (Å²) in [6.07, 6.45) is -3.64. The first-order valence-corrected chi connectivity index (χ1v) is 10.3. The average molecular weight is 539 g/mol. The van der Waals surface area contributed by atoms with Gasteiger partial charge in [-0.3, -0.25) is 0 Å². The summed E-state index contributed by atoms with van der Waals surface area (Å²) < 4.78 is 68.5. The number of sulfone groups is 1. The van der Waals surface area contributed by atoms with Crippen LogP contribution in [0.3, 0.4) is 0 Å². The number of hydrogen-bond acceptors (Lipinski definition) is 5. The van der Waals surface area contributed by atoms with E-state index in [4.69, 9.17) is 4.74 Å². The second-order valence-electron chi connectivity index (χ2n) is 5.52. The maximum Gasteiger partial charge on any atom is 0.573 e. The van der Waals surface area contributed by atoms with Crippen molar-refractivity contribution < 1.29 is 31.1 Å². The highest BCUT2D eigenvalue weighted by atomic mass is 127. The zero-order valence-electron chi connectivity index (χ0n) is 15.6. The fourth-order valence-corrected chi connectivity index (χ4v) is 2.34. The van der Waals surface area contributed by atoms with Crippen molar-refractivity contribution >= 4 is 39.8 Å². The highest BCUT2D eigenvalue weighted by Crippen LogP contribution is 2.26. The van der Waals surface area contributed by atoms with Gasteiger partial charge in [0, 0.05) is 24.9 Å². The lowest BCUT2D eigenvalue weighted by atomic mass is 10.2. The smallest absolute Gasteiger partial charge is 0.405 e. The van der Waals surface area contributed by atoms with Crippen molar-refractivity contribution in [2.24, 2.45) is 4.99 Å². The molecule has 0 fully saturated rings. The fourth-order valence-electron chi connectivity index (χ4n) is 1.92. The van der Waals surface area contributed by atoms with Crippen LogP contribution in [0.5, 0.6) is 5.75 Å². The fraction of sp³-hybridized carbons (Fsp3) is 0.562. The number of hydrogen-bond donors (Lipinski definition) is 2. The zero-order valence-corrected chi connectivity index (χ0v) is 18.7. The monoisotopic (exact) mass is 539 g/mol. The minimum Gasteiger partial charge on any atom is -0.405 e. The van der Waals surface area contributed by atoms with Gasteiger partial charge in [0.25, 0.3) is 0 Å². The Morgan fingerprint density at radius 3 is 2.46 bits per heavy atom. The Balaban J connectivity index is 0.00000729. The van der Waals surface area contributed by atoms with E-state index in [1.165, 1.54) is 18.2 Å². The van der Waals surface area contributed by atoms with Crippen molar-refractivity contribution in [3.63, 3.8) is 0 Å². The minimum absolute atomic E-state index is 0. The molecule has 162 valence electrons. The molecule has 0 aliphatic carbocycles. The molecule has 0 aromatic heterocycles. The first kappa shape index (κ1) is 26.7. The Hall–Kier alpha value is -1.28. The van der Waals surface area contributed by atoms with Crippen LogP contribution in [0, 0.1) is 0 Å². The van der Waals surface area contributed by atoms with Gasteiger partial charge in [0.05, 0.1) is 25.5 Å². The highest BCUT2D eigenvalue weighted by Gasteiger charge is 2.31. The molecule has 1 aromatic carbocycles. The molecule has 0 radical (unpaired) electrons. The summed E-state index contributed by atoms with van der Waals surface area (Å²) in [5, 5.41) is 5.92. The third-order valence-electron chi connectivity index (χ3n) is 3.09. The lowest BCUT2D eigenvalue weighted by Crippen LogP contribution is -2.39. The van der Waals surface area contributed by atoms with Gasteiger partial charge in [0.2, 0.25) is 0 Å². The van der Waals surface area contributed by atoms with Crippen molar-refractivity contribution in [2.75, 3.05) is 38.3 Å². The first-order chi connectivity index (χ1) is 12.6. The van der Waals surface area contributed by atoms with Gasteiger partial charge < -0.3 is 20.1 Å². The van der Waals surface area contributed by atoms with E-state index in [2.05, 4.69) is 20.4 Å². The van der Waals surface area contributed by atoms with E-state index in [0.717, 1.165) is 6.26 Å². The SMILES string of the molecule is CCNC(=NCc1ccccc1OC(F)(F)F)NCCOCCS(C)(=O)=O.I.